The molecule has 0 aromatic heterocycles. The summed E-state index contributed by atoms with van der Waals surface area (Å²) in [4.78, 5) is 25.3. The molecule has 1 amide bonds. The lowest BCUT2D eigenvalue weighted by atomic mass is 10.0. The molecule has 0 aliphatic carbocycles. The van der Waals surface area contributed by atoms with Crippen LogP contribution in [0.1, 0.15) is 206 Å². The molecule has 0 heterocycles. The van der Waals surface area contributed by atoms with Crippen LogP contribution in [-0.2, 0) is 18.4 Å². The number of unbranched alkanes of at least 4 members (excludes halogenated alkanes) is 23. The molecule has 60 heavy (non-hydrogen) atoms. The van der Waals surface area contributed by atoms with Crippen LogP contribution in [0.5, 0.6) is 0 Å². The van der Waals surface area contributed by atoms with Crippen LogP contribution in [0.25, 0.3) is 0 Å². The topological polar surface area (TPSA) is 108 Å². The number of allylic oxidation sites excluding steroid dienone is 9. The van der Waals surface area contributed by atoms with Crippen molar-refractivity contribution in [2.45, 2.75) is 219 Å². The van der Waals surface area contributed by atoms with Crippen LogP contribution in [0.3, 0.4) is 0 Å². The Balaban J connectivity index is 4.05. The van der Waals surface area contributed by atoms with Gasteiger partial charge in [0.2, 0.25) is 5.91 Å². The lowest BCUT2D eigenvalue weighted by Crippen LogP contribution is -2.45. The van der Waals surface area contributed by atoms with Gasteiger partial charge in [0.05, 0.1) is 39.9 Å². The van der Waals surface area contributed by atoms with Crippen molar-refractivity contribution < 1.29 is 32.9 Å². The van der Waals surface area contributed by atoms with E-state index in [2.05, 4.69) is 67.8 Å². The third-order valence-electron chi connectivity index (χ3n) is 10.7. The molecule has 0 aliphatic heterocycles. The number of quaternary nitrogens is 1. The summed E-state index contributed by atoms with van der Waals surface area (Å²) in [7, 11) is 1.26. The summed E-state index contributed by atoms with van der Waals surface area (Å²) < 4.78 is 23.2. The first-order valence-corrected chi connectivity index (χ1v) is 26.1. The van der Waals surface area contributed by atoms with Gasteiger partial charge in [0.15, 0.2) is 0 Å². The summed E-state index contributed by atoms with van der Waals surface area (Å²) in [6.45, 7) is 4.50. The molecular formula is C51H95N2O6P. The highest BCUT2D eigenvalue weighted by molar-refractivity contribution is 7.45. The van der Waals surface area contributed by atoms with E-state index in [9.17, 15) is 19.4 Å². The quantitative estimate of drug-likeness (QED) is 0.0273. The van der Waals surface area contributed by atoms with Crippen LogP contribution in [0.15, 0.2) is 60.8 Å². The second-order valence-corrected chi connectivity index (χ2v) is 19.2. The van der Waals surface area contributed by atoms with Gasteiger partial charge in [0.1, 0.15) is 13.2 Å². The summed E-state index contributed by atoms with van der Waals surface area (Å²) in [5.74, 6) is -0.201. The Morgan fingerprint density at radius 2 is 1.02 bits per heavy atom. The number of aliphatic hydroxyl groups excluding tert-OH is 1. The molecule has 0 aromatic rings. The number of amides is 1. The Hall–Kier alpha value is -1.80. The van der Waals surface area contributed by atoms with Gasteiger partial charge in [-0.15, -0.1) is 0 Å². The number of nitrogens with one attached hydrogen (secondary N) is 1. The number of nitrogens with zero attached hydrogens (tertiary/aromatic N) is 1. The number of carbonyl (C=O) groups is 1. The van der Waals surface area contributed by atoms with Gasteiger partial charge < -0.3 is 28.8 Å². The van der Waals surface area contributed by atoms with E-state index < -0.39 is 20.0 Å². The number of rotatable bonds is 44. The molecule has 0 aliphatic rings. The first kappa shape index (κ1) is 58.2. The van der Waals surface area contributed by atoms with Crippen molar-refractivity contribution >= 4 is 13.7 Å². The number of phosphoric ester groups is 1. The van der Waals surface area contributed by atoms with Crippen LogP contribution in [0.2, 0.25) is 0 Å². The van der Waals surface area contributed by atoms with Gasteiger partial charge in [-0.05, 0) is 57.8 Å². The second kappa shape index (κ2) is 42.5. The van der Waals surface area contributed by atoms with Crippen molar-refractivity contribution in [2.24, 2.45) is 0 Å². The number of hydrogen-bond acceptors (Lipinski definition) is 6. The largest absolute Gasteiger partial charge is 0.756 e. The number of aliphatic hydroxyl groups is 1. The zero-order valence-electron chi connectivity index (χ0n) is 39.6. The van der Waals surface area contributed by atoms with Gasteiger partial charge in [-0.1, -0.05) is 203 Å². The first-order chi connectivity index (χ1) is 29.0. The van der Waals surface area contributed by atoms with Crippen LogP contribution < -0.4 is 10.2 Å². The van der Waals surface area contributed by atoms with Gasteiger partial charge in [0, 0.05) is 6.42 Å². The minimum absolute atomic E-state index is 0.00218. The molecule has 0 aromatic carbocycles. The minimum atomic E-state index is -4.58. The van der Waals surface area contributed by atoms with Crippen molar-refractivity contribution in [1.82, 2.24) is 5.32 Å². The molecule has 3 atom stereocenters. The van der Waals surface area contributed by atoms with E-state index >= 15 is 0 Å². The molecule has 9 heteroatoms. The Labute approximate surface area is 371 Å². The summed E-state index contributed by atoms with van der Waals surface area (Å²) in [5.41, 5.74) is 0. The third kappa shape index (κ3) is 44.3. The lowest BCUT2D eigenvalue weighted by molar-refractivity contribution is -0.870. The molecule has 0 rings (SSSR count). The highest BCUT2D eigenvalue weighted by atomic mass is 31.2. The average molecular weight is 863 g/mol. The monoisotopic (exact) mass is 863 g/mol. The molecule has 8 nitrogen and oxygen atoms in total. The Bertz CT molecular complexity index is 1160. The van der Waals surface area contributed by atoms with E-state index in [4.69, 9.17) is 9.05 Å². The number of hydrogen-bond donors (Lipinski definition) is 2. The molecule has 0 saturated carbocycles. The smallest absolute Gasteiger partial charge is 0.268 e. The van der Waals surface area contributed by atoms with Gasteiger partial charge in [-0.25, -0.2) is 0 Å². The molecule has 2 N–H and O–H groups in total. The fraction of sp³-hybridized carbons (Fsp3) is 0.784. The maximum Gasteiger partial charge on any atom is 0.268 e. The summed E-state index contributed by atoms with van der Waals surface area (Å²) in [6, 6.07) is -0.885. The highest BCUT2D eigenvalue weighted by Gasteiger charge is 2.23. The van der Waals surface area contributed by atoms with E-state index in [1.54, 1.807) is 6.08 Å². The van der Waals surface area contributed by atoms with Crippen molar-refractivity contribution in [3.05, 3.63) is 60.8 Å². The van der Waals surface area contributed by atoms with Gasteiger partial charge >= 0.3 is 0 Å². The molecule has 0 saturated heterocycles. The molecular weight excluding hydrogens is 768 g/mol. The molecule has 0 radical (unpaired) electrons. The summed E-state index contributed by atoms with van der Waals surface area (Å²) in [5, 5.41) is 13.7. The highest BCUT2D eigenvalue weighted by Crippen LogP contribution is 2.38. The summed E-state index contributed by atoms with van der Waals surface area (Å²) in [6.07, 6.45) is 55.8. The maximum absolute atomic E-state index is 12.9. The van der Waals surface area contributed by atoms with Crippen molar-refractivity contribution in [1.29, 1.82) is 0 Å². The SMILES string of the molecule is CC/C=C\C/C=C\C/C=C\C/C=C\CCCCCCCCCCCCCCCCCCC(=O)NC(COP(=O)([O-])OCC[N+](C)(C)C)C(O)/C=C/CCCCCCCCC. The Morgan fingerprint density at radius 3 is 1.48 bits per heavy atom. The van der Waals surface area contributed by atoms with E-state index in [1.807, 2.05) is 27.2 Å². The van der Waals surface area contributed by atoms with Crippen molar-refractivity contribution in [2.75, 3.05) is 40.9 Å². The first-order valence-electron chi connectivity index (χ1n) is 24.7. The zero-order valence-corrected chi connectivity index (χ0v) is 40.5. The fourth-order valence-corrected chi connectivity index (χ4v) is 7.57. The normalized spacial score (nSPS) is 14.7. The summed E-state index contributed by atoms with van der Waals surface area (Å²) >= 11 is 0. The van der Waals surface area contributed by atoms with Crippen LogP contribution >= 0.6 is 7.82 Å². The van der Waals surface area contributed by atoms with Gasteiger partial charge in [-0.3, -0.25) is 9.36 Å². The van der Waals surface area contributed by atoms with Crippen LogP contribution in [-0.4, -0.2) is 68.5 Å². The van der Waals surface area contributed by atoms with Gasteiger partial charge in [0.25, 0.3) is 7.82 Å². The lowest BCUT2D eigenvalue weighted by Gasteiger charge is -2.29. The van der Waals surface area contributed by atoms with Crippen molar-refractivity contribution in [3.8, 4) is 0 Å². The van der Waals surface area contributed by atoms with Gasteiger partial charge in [-0.2, -0.15) is 0 Å². The average Bonchev–Trinajstić information content (AvgIpc) is 3.20. The van der Waals surface area contributed by atoms with E-state index in [-0.39, 0.29) is 19.1 Å². The van der Waals surface area contributed by atoms with Crippen LogP contribution in [0, 0.1) is 0 Å². The molecule has 0 fully saturated rings. The predicted octanol–water partition coefficient (Wildman–Crippen LogP) is 13.6. The molecule has 0 spiro atoms. The molecule has 350 valence electrons. The maximum atomic E-state index is 12.9. The molecule has 0 bridgehead atoms. The molecule has 3 unspecified atom stereocenters. The minimum Gasteiger partial charge on any atom is -0.756 e. The van der Waals surface area contributed by atoms with E-state index in [1.165, 1.54) is 122 Å². The fourth-order valence-electron chi connectivity index (χ4n) is 6.85. The Morgan fingerprint density at radius 1 is 0.600 bits per heavy atom. The van der Waals surface area contributed by atoms with E-state index in [0.29, 0.717) is 17.4 Å². The standard InChI is InChI=1S/C51H95N2O6P/c1-6-8-10-12-14-16-17-18-19-20-21-22-23-24-25-26-27-28-29-30-31-32-33-34-35-37-39-41-43-45-51(55)52-49(48-59-60(56,57)58-47-46-53(3,4)5)50(54)44-42-40-38-36-15-13-11-9-7-2/h8,10,14,16,18-19,21-22,42,44,49-50,54H,6-7,9,11-13,15,17,20,23-41,43,45-48H2,1-5H3,(H-,52,55,56,57)/b10-8-,16-14-,19-18-,22-21-,44-42+. The third-order valence-corrected chi connectivity index (χ3v) is 11.7. The zero-order chi connectivity index (χ0) is 44.3. The predicted molar refractivity (Wildman–Crippen MR) is 256 cm³/mol. The van der Waals surface area contributed by atoms with Crippen molar-refractivity contribution in [3.63, 3.8) is 0 Å². The number of likely N-dealkylation sites (N-methyl/N-ethyl adjacent to an activating group) is 1. The second-order valence-electron chi connectivity index (χ2n) is 17.8. The Kier molecular flexibility index (Phi) is 41.2. The van der Waals surface area contributed by atoms with E-state index in [0.717, 1.165) is 64.2 Å². The number of phosphoric acid groups is 1. The van der Waals surface area contributed by atoms with Crippen LogP contribution in [0.4, 0.5) is 0 Å². The number of carbonyl (C=O) groups excluding carboxylic acids is 1.